The molecule has 24 heavy (non-hydrogen) atoms. The maximum Gasteiger partial charge on any atom is 0.228 e. The second-order valence-electron chi connectivity index (χ2n) is 6.70. The number of pyridine rings is 1. The highest BCUT2D eigenvalue weighted by Gasteiger charge is 2.31. The molecule has 2 aliphatic heterocycles. The van der Waals surface area contributed by atoms with E-state index in [0.29, 0.717) is 6.42 Å². The molecule has 1 amide bonds. The fourth-order valence-corrected chi connectivity index (χ4v) is 4.55. The van der Waals surface area contributed by atoms with E-state index in [2.05, 4.69) is 15.3 Å². The molecule has 2 aliphatic rings. The maximum atomic E-state index is 12.6. The lowest BCUT2D eigenvalue weighted by Gasteiger charge is -2.20. The predicted molar refractivity (Wildman–Crippen MR) is 94.7 cm³/mol. The fraction of sp³-hybridized carbons (Fsp3) is 0.500. The van der Waals surface area contributed by atoms with Gasteiger partial charge < -0.3 is 10.2 Å². The molecule has 6 heteroatoms. The lowest BCUT2D eigenvalue weighted by molar-refractivity contribution is -0.130. The third-order valence-electron chi connectivity index (χ3n) is 5.16. The van der Waals surface area contributed by atoms with Gasteiger partial charge in [-0.25, -0.2) is 4.98 Å². The smallest absolute Gasteiger partial charge is 0.228 e. The molecule has 1 N–H and O–H groups in total. The largest absolute Gasteiger partial charge is 0.342 e. The third kappa shape index (κ3) is 3.35. The van der Waals surface area contributed by atoms with Crippen LogP contribution in [0.25, 0.3) is 10.6 Å². The van der Waals surface area contributed by atoms with E-state index < -0.39 is 0 Å². The van der Waals surface area contributed by atoms with Gasteiger partial charge in [0, 0.05) is 36.4 Å². The molecular weight excluding hydrogens is 320 g/mol. The van der Waals surface area contributed by atoms with Crippen LogP contribution >= 0.6 is 11.3 Å². The summed E-state index contributed by atoms with van der Waals surface area (Å²) in [4.78, 5) is 23.4. The zero-order valence-corrected chi connectivity index (χ0v) is 14.5. The van der Waals surface area contributed by atoms with Crippen molar-refractivity contribution in [1.82, 2.24) is 20.2 Å². The van der Waals surface area contributed by atoms with Gasteiger partial charge in [-0.3, -0.25) is 9.78 Å². The molecule has 0 spiro atoms. The number of aromatic nitrogens is 2. The summed E-state index contributed by atoms with van der Waals surface area (Å²) < 4.78 is 0. The first-order chi connectivity index (χ1) is 11.8. The molecule has 0 unspecified atom stereocenters. The van der Waals surface area contributed by atoms with Crippen molar-refractivity contribution in [3.05, 3.63) is 35.6 Å². The van der Waals surface area contributed by atoms with Gasteiger partial charge in [0.05, 0.1) is 12.1 Å². The first-order valence-electron chi connectivity index (χ1n) is 8.63. The number of carbonyl (C=O) groups is 1. The number of amides is 1. The first kappa shape index (κ1) is 15.7. The van der Waals surface area contributed by atoms with Gasteiger partial charge in [-0.1, -0.05) is 0 Å². The Bertz CT molecular complexity index is 688. The van der Waals surface area contributed by atoms with Crippen LogP contribution in [0.2, 0.25) is 0 Å². The number of carbonyl (C=O) groups excluding carboxylic acids is 1. The Kier molecular flexibility index (Phi) is 4.58. The summed E-state index contributed by atoms with van der Waals surface area (Å²) >= 11 is 1.58. The molecule has 126 valence electrons. The van der Waals surface area contributed by atoms with Crippen molar-refractivity contribution in [3.8, 4) is 10.6 Å². The summed E-state index contributed by atoms with van der Waals surface area (Å²) in [5.41, 5.74) is 1.88. The highest BCUT2D eigenvalue weighted by Crippen LogP contribution is 2.28. The molecule has 2 aromatic rings. The standard InChI is InChI=1S/C18H22N4OS/c23-17(22-6-3-13-9-20-10-14(13)4-7-22)8-16-12-24-18(21-16)15-2-1-5-19-11-15/h1-2,5,11-14,20H,3-4,6-10H2/t13-,14+. The summed E-state index contributed by atoms with van der Waals surface area (Å²) in [5, 5.41) is 6.41. The number of rotatable bonds is 3. The molecule has 0 saturated carbocycles. The monoisotopic (exact) mass is 342 g/mol. The zero-order valence-electron chi connectivity index (χ0n) is 13.6. The number of fused-ring (bicyclic) bond motifs is 1. The second kappa shape index (κ2) is 6.99. The van der Waals surface area contributed by atoms with E-state index in [1.165, 1.54) is 0 Å². The van der Waals surface area contributed by atoms with Crippen molar-refractivity contribution in [2.75, 3.05) is 26.2 Å². The van der Waals surface area contributed by atoms with E-state index in [4.69, 9.17) is 0 Å². The molecule has 2 saturated heterocycles. The number of hydrogen-bond donors (Lipinski definition) is 1. The molecule has 2 fully saturated rings. The van der Waals surface area contributed by atoms with Crippen LogP contribution in [0.15, 0.2) is 29.9 Å². The molecule has 4 heterocycles. The van der Waals surface area contributed by atoms with E-state index >= 15 is 0 Å². The first-order valence-corrected chi connectivity index (χ1v) is 9.51. The van der Waals surface area contributed by atoms with Gasteiger partial charge in [0.2, 0.25) is 5.91 Å². The summed E-state index contributed by atoms with van der Waals surface area (Å²) in [5.74, 6) is 1.71. The van der Waals surface area contributed by atoms with Crippen LogP contribution in [-0.4, -0.2) is 47.0 Å². The van der Waals surface area contributed by atoms with Crippen molar-refractivity contribution in [3.63, 3.8) is 0 Å². The van der Waals surface area contributed by atoms with Crippen molar-refractivity contribution >= 4 is 17.2 Å². The molecule has 4 rings (SSSR count). The van der Waals surface area contributed by atoms with Crippen molar-refractivity contribution in [1.29, 1.82) is 0 Å². The average molecular weight is 342 g/mol. The quantitative estimate of drug-likeness (QED) is 0.929. The average Bonchev–Trinajstić information content (AvgIpc) is 3.21. The highest BCUT2D eigenvalue weighted by atomic mass is 32.1. The van der Waals surface area contributed by atoms with Gasteiger partial charge in [0.1, 0.15) is 5.01 Å². The Hall–Kier alpha value is -1.79. The SMILES string of the molecule is O=C(Cc1csc(-c2cccnc2)n1)N1CC[C@@H]2CNC[C@@H]2CC1. The van der Waals surface area contributed by atoms with E-state index in [0.717, 1.165) is 67.1 Å². The maximum absolute atomic E-state index is 12.6. The Morgan fingerprint density at radius 1 is 1.29 bits per heavy atom. The summed E-state index contributed by atoms with van der Waals surface area (Å²) in [6.45, 7) is 4.02. The zero-order chi connectivity index (χ0) is 16.4. The molecule has 0 aromatic carbocycles. The molecule has 0 aliphatic carbocycles. The predicted octanol–water partition coefficient (Wildman–Crippen LogP) is 2.21. The van der Waals surface area contributed by atoms with E-state index in [9.17, 15) is 4.79 Å². The number of hydrogen-bond acceptors (Lipinski definition) is 5. The summed E-state index contributed by atoms with van der Waals surface area (Å²) in [6.07, 6.45) is 6.23. The van der Waals surface area contributed by atoms with Gasteiger partial charge in [0.15, 0.2) is 0 Å². The lowest BCUT2D eigenvalue weighted by Crippen LogP contribution is -2.34. The lowest BCUT2D eigenvalue weighted by atomic mass is 9.92. The fourth-order valence-electron chi connectivity index (χ4n) is 3.74. The van der Waals surface area contributed by atoms with E-state index in [1.54, 1.807) is 17.5 Å². The molecule has 2 atom stereocenters. The molecule has 0 radical (unpaired) electrons. The van der Waals surface area contributed by atoms with Crippen LogP contribution in [0.4, 0.5) is 0 Å². The number of nitrogens with one attached hydrogen (secondary N) is 1. The van der Waals surface area contributed by atoms with Gasteiger partial charge in [-0.2, -0.15) is 0 Å². The Morgan fingerprint density at radius 3 is 2.79 bits per heavy atom. The van der Waals surface area contributed by atoms with Crippen LogP contribution in [-0.2, 0) is 11.2 Å². The number of thiazole rings is 1. The summed E-state index contributed by atoms with van der Waals surface area (Å²) in [7, 11) is 0. The van der Waals surface area contributed by atoms with E-state index in [1.807, 2.05) is 28.6 Å². The van der Waals surface area contributed by atoms with Crippen molar-refractivity contribution in [2.45, 2.75) is 19.3 Å². The molecule has 0 bridgehead atoms. The van der Waals surface area contributed by atoms with Crippen molar-refractivity contribution < 1.29 is 4.79 Å². The normalized spacial score (nSPS) is 23.8. The summed E-state index contributed by atoms with van der Waals surface area (Å²) in [6, 6.07) is 3.91. The van der Waals surface area contributed by atoms with Crippen LogP contribution < -0.4 is 5.32 Å². The molecule has 2 aromatic heterocycles. The molecular formula is C18H22N4OS. The second-order valence-corrected chi connectivity index (χ2v) is 7.56. The van der Waals surface area contributed by atoms with Gasteiger partial charge in [-0.15, -0.1) is 11.3 Å². The minimum absolute atomic E-state index is 0.214. The Labute approximate surface area is 146 Å². The van der Waals surface area contributed by atoms with Crippen molar-refractivity contribution in [2.24, 2.45) is 11.8 Å². The Balaban J connectivity index is 1.38. The van der Waals surface area contributed by atoms with Crippen LogP contribution in [0.5, 0.6) is 0 Å². The third-order valence-corrected chi connectivity index (χ3v) is 6.10. The van der Waals surface area contributed by atoms with Crippen LogP contribution in [0.3, 0.4) is 0 Å². The van der Waals surface area contributed by atoms with Gasteiger partial charge in [-0.05, 0) is 49.9 Å². The molecule has 5 nitrogen and oxygen atoms in total. The van der Waals surface area contributed by atoms with Gasteiger partial charge in [0.25, 0.3) is 0 Å². The van der Waals surface area contributed by atoms with E-state index in [-0.39, 0.29) is 5.91 Å². The minimum Gasteiger partial charge on any atom is -0.342 e. The van der Waals surface area contributed by atoms with Crippen LogP contribution in [0.1, 0.15) is 18.5 Å². The number of likely N-dealkylation sites (tertiary alicyclic amines) is 1. The topological polar surface area (TPSA) is 58.1 Å². The highest BCUT2D eigenvalue weighted by molar-refractivity contribution is 7.13. The van der Waals surface area contributed by atoms with Gasteiger partial charge >= 0.3 is 0 Å². The Morgan fingerprint density at radius 2 is 2.08 bits per heavy atom. The minimum atomic E-state index is 0.214. The number of nitrogens with zero attached hydrogens (tertiary/aromatic N) is 3. The van der Waals surface area contributed by atoms with Crippen LogP contribution in [0, 0.1) is 11.8 Å².